The maximum absolute atomic E-state index is 5.56. The van der Waals surface area contributed by atoms with E-state index in [1.165, 1.54) is 11.1 Å². The van der Waals surface area contributed by atoms with E-state index in [1.807, 2.05) is 0 Å². The Bertz CT molecular complexity index is 435. The van der Waals surface area contributed by atoms with Gasteiger partial charge in [0.2, 0.25) is 0 Å². The molecule has 1 fully saturated rings. The third kappa shape index (κ3) is 1.19. The minimum Gasteiger partial charge on any atom is -0.355 e. The predicted molar refractivity (Wildman–Crippen MR) is 69.7 cm³/mol. The predicted octanol–water partition coefficient (Wildman–Crippen LogP) is 1.89. The lowest BCUT2D eigenvalue weighted by Crippen LogP contribution is -2.48. The average Bonchev–Trinajstić information content (AvgIpc) is 2.55. The Morgan fingerprint density at radius 2 is 1.94 bits per heavy atom. The van der Waals surface area contributed by atoms with E-state index in [0.717, 1.165) is 30.9 Å². The Morgan fingerprint density at radius 3 is 2.69 bits per heavy atom. The van der Waals surface area contributed by atoms with Gasteiger partial charge in [0.25, 0.3) is 0 Å². The normalized spacial score (nSPS) is 22.6. The molecule has 1 saturated heterocycles. The summed E-state index contributed by atoms with van der Waals surface area (Å²) in [5.41, 5.74) is 2.87. The van der Waals surface area contributed by atoms with Crippen molar-refractivity contribution in [1.82, 2.24) is 10.2 Å². The molecule has 1 aromatic carbocycles. The Labute approximate surface area is 102 Å². The summed E-state index contributed by atoms with van der Waals surface area (Å²) >= 11 is 5.56. The maximum Gasteiger partial charge on any atom is 0.110 e. The van der Waals surface area contributed by atoms with Crippen molar-refractivity contribution in [3.8, 4) is 0 Å². The summed E-state index contributed by atoms with van der Waals surface area (Å²) in [7, 11) is 2.15. The molecule has 3 heteroatoms. The van der Waals surface area contributed by atoms with Gasteiger partial charge in [0.1, 0.15) is 4.99 Å². The number of piperidine rings is 1. The molecule has 2 aliphatic heterocycles. The molecule has 1 aromatic rings. The molecule has 1 N–H and O–H groups in total. The molecule has 0 atom stereocenters. The number of hydrogen-bond acceptors (Lipinski definition) is 2. The van der Waals surface area contributed by atoms with E-state index < -0.39 is 0 Å². The molecule has 0 aromatic heterocycles. The molecule has 2 aliphatic rings. The van der Waals surface area contributed by atoms with E-state index >= 15 is 0 Å². The van der Waals surface area contributed by atoms with Crippen LogP contribution in [-0.2, 0) is 5.54 Å². The first kappa shape index (κ1) is 10.2. The topological polar surface area (TPSA) is 15.3 Å². The highest BCUT2D eigenvalue weighted by molar-refractivity contribution is 7.80. The zero-order valence-corrected chi connectivity index (χ0v) is 10.3. The fraction of sp³-hybridized carbons (Fsp3) is 0.462. The molecule has 0 aliphatic carbocycles. The summed E-state index contributed by atoms with van der Waals surface area (Å²) in [4.78, 5) is 3.32. The van der Waals surface area contributed by atoms with Crippen molar-refractivity contribution in [2.24, 2.45) is 0 Å². The standard InChI is InChI=1S/C13H16N2S/c1-15-12(16)10-4-2-3-5-11(10)13(15)6-8-14-9-7-13/h2-5,14H,6-9H2,1H3. The average molecular weight is 232 g/mol. The van der Waals surface area contributed by atoms with Gasteiger partial charge in [0.05, 0.1) is 5.54 Å². The molecule has 84 valence electrons. The van der Waals surface area contributed by atoms with Gasteiger partial charge in [0.15, 0.2) is 0 Å². The molecule has 0 radical (unpaired) electrons. The first-order valence-corrected chi connectivity index (χ1v) is 6.25. The second-order valence-corrected chi connectivity index (χ2v) is 5.08. The molecule has 0 bridgehead atoms. The Morgan fingerprint density at radius 1 is 1.25 bits per heavy atom. The lowest BCUT2D eigenvalue weighted by Gasteiger charge is -2.41. The van der Waals surface area contributed by atoms with Crippen LogP contribution in [0, 0.1) is 0 Å². The fourth-order valence-corrected chi connectivity index (χ4v) is 3.43. The molecule has 3 rings (SSSR count). The van der Waals surface area contributed by atoms with Crippen LogP contribution in [-0.4, -0.2) is 30.0 Å². The van der Waals surface area contributed by atoms with Gasteiger partial charge >= 0.3 is 0 Å². The van der Waals surface area contributed by atoms with Crippen molar-refractivity contribution in [1.29, 1.82) is 0 Å². The van der Waals surface area contributed by atoms with Gasteiger partial charge in [-0.3, -0.25) is 0 Å². The first-order chi connectivity index (χ1) is 7.76. The molecule has 16 heavy (non-hydrogen) atoms. The summed E-state index contributed by atoms with van der Waals surface area (Å²) < 4.78 is 0. The highest BCUT2D eigenvalue weighted by Crippen LogP contribution is 2.44. The lowest BCUT2D eigenvalue weighted by molar-refractivity contribution is 0.164. The molecule has 2 heterocycles. The summed E-state index contributed by atoms with van der Waals surface area (Å²) in [6.07, 6.45) is 2.31. The van der Waals surface area contributed by atoms with Gasteiger partial charge in [-0.1, -0.05) is 36.5 Å². The molecule has 0 amide bonds. The van der Waals surface area contributed by atoms with Gasteiger partial charge in [-0.2, -0.15) is 0 Å². The van der Waals surface area contributed by atoms with E-state index in [4.69, 9.17) is 12.2 Å². The minimum absolute atomic E-state index is 0.166. The van der Waals surface area contributed by atoms with Gasteiger partial charge in [-0.05, 0) is 31.5 Å². The van der Waals surface area contributed by atoms with E-state index in [1.54, 1.807) is 0 Å². The van der Waals surface area contributed by atoms with E-state index in [9.17, 15) is 0 Å². The first-order valence-electron chi connectivity index (χ1n) is 5.84. The Balaban J connectivity index is 2.15. The highest BCUT2D eigenvalue weighted by Gasteiger charge is 2.45. The lowest BCUT2D eigenvalue weighted by atomic mass is 9.81. The van der Waals surface area contributed by atoms with Crippen LogP contribution in [0.3, 0.4) is 0 Å². The van der Waals surface area contributed by atoms with E-state index in [-0.39, 0.29) is 5.54 Å². The van der Waals surface area contributed by atoms with Gasteiger partial charge < -0.3 is 10.2 Å². The smallest absolute Gasteiger partial charge is 0.110 e. The summed E-state index contributed by atoms with van der Waals surface area (Å²) in [6, 6.07) is 8.62. The molecule has 2 nitrogen and oxygen atoms in total. The number of hydrogen-bond donors (Lipinski definition) is 1. The zero-order valence-electron chi connectivity index (χ0n) is 9.49. The molecule has 0 saturated carbocycles. The second kappa shape index (κ2) is 3.54. The Kier molecular flexibility index (Phi) is 2.26. The van der Waals surface area contributed by atoms with Crippen molar-refractivity contribution in [3.63, 3.8) is 0 Å². The van der Waals surface area contributed by atoms with Crippen molar-refractivity contribution >= 4 is 17.2 Å². The van der Waals surface area contributed by atoms with Crippen molar-refractivity contribution < 1.29 is 0 Å². The van der Waals surface area contributed by atoms with Crippen molar-refractivity contribution in [3.05, 3.63) is 35.4 Å². The van der Waals surface area contributed by atoms with Gasteiger partial charge in [0, 0.05) is 12.6 Å². The van der Waals surface area contributed by atoms with E-state index in [2.05, 4.69) is 41.5 Å². The van der Waals surface area contributed by atoms with Crippen LogP contribution in [0.1, 0.15) is 24.0 Å². The van der Waals surface area contributed by atoms with E-state index in [0.29, 0.717) is 0 Å². The summed E-state index contributed by atoms with van der Waals surface area (Å²) in [5.74, 6) is 0. The molecule has 1 spiro atoms. The summed E-state index contributed by atoms with van der Waals surface area (Å²) in [6.45, 7) is 2.17. The van der Waals surface area contributed by atoms with Gasteiger partial charge in [-0.25, -0.2) is 0 Å². The van der Waals surface area contributed by atoms with Gasteiger partial charge in [-0.15, -0.1) is 0 Å². The number of benzene rings is 1. The van der Waals surface area contributed by atoms with Crippen molar-refractivity contribution in [2.45, 2.75) is 18.4 Å². The second-order valence-electron chi connectivity index (χ2n) is 4.69. The van der Waals surface area contributed by atoms with Crippen LogP contribution in [0.25, 0.3) is 0 Å². The monoisotopic (exact) mass is 232 g/mol. The number of rotatable bonds is 0. The largest absolute Gasteiger partial charge is 0.355 e. The number of fused-ring (bicyclic) bond motifs is 2. The van der Waals surface area contributed by atoms with Crippen LogP contribution >= 0.6 is 12.2 Å². The third-order valence-electron chi connectivity index (χ3n) is 4.04. The fourth-order valence-electron chi connectivity index (χ4n) is 3.08. The van der Waals surface area contributed by atoms with Crippen molar-refractivity contribution in [2.75, 3.05) is 20.1 Å². The quantitative estimate of drug-likeness (QED) is 0.688. The third-order valence-corrected chi connectivity index (χ3v) is 4.53. The highest BCUT2D eigenvalue weighted by atomic mass is 32.1. The number of thiocarbonyl (C=S) groups is 1. The Hall–Kier alpha value is -0.930. The van der Waals surface area contributed by atoms with Crippen LogP contribution in [0.4, 0.5) is 0 Å². The molecule has 0 unspecified atom stereocenters. The molecular weight excluding hydrogens is 216 g/mol. The number of nitrogens with one attached hydrogen (secondary N) is 1. The number of nitrogens with zero attached hydrogens (tertiary/aromatic N) is 1. The minimum atomic E-state index is 0.166. The summed E-state index contributed by atoms with van der Waals surface area (Å²) in [5, 5.41) is 3.43. The van der Waals surface area contributed by atoms with Crippen LogP contribution < -0.4 is 5.32 Å². The SMILES string of the molecule is CN1C(=S)c2ccccc2C12CCNCC2. The molecular formula is C13H16N2S. The van der Waals surface area contributed by atoms with Crippen LogP contribution in [0.15, 0.2) is 24.3 Å². The van der Waals surface area contributed by atoms with Crippen LogP contribution in [0.5, 0.6) is 0 Å². The maximum atomic E-state index is 5.56. The zero-order chi connectivity index (χ0) is 11.2. The van der Waals surface area contributed by atoms with Crippen LogP contribution in [0.2, 0.25) is 0 Å².